The van der Waals surface area contributed by atoms with E-state index in [9.17, 15) is 14.0 Å². The first-order chi connectivity index (χ1) is 13.9. The molecule has 2 aromatic carbocycles. The molecule has 0 aliphatic rings. The maximum Gasteiger partial charge on any atom is 0.245 e. The van der Waals surface area contributed by atoms with Gasteiger partial charge in [0, 0.05) is 44.0 Å². The molecule has 0 bridgehead atoms. The number of aromatic amines is 1. The van der Waals surface area contributed by atoms with Crippen LogP contribution in [0.4, 0.5) is 4.39 Å². The van der Waals surface area contributed by atoms with E-state index in [1.54, 1.807) is 13.1 Å². The number of likely N-dealkylation sites (N-methyl/N-ethyl adjacent to an activating group) is 1. The lowest BCUT2D eigenvalue weighted by atomic mass is 10.0. The number of aromatic nitrogens is 1. The van der Waals surface area contributed by atoms with Gasteiger partial charge < -0.3 is 19.9 Å². The standard InChI is InChI=1S/C22H24FN3O3/c1-14(27)25-20(11-16-12-24-19-7-5-4-6-17(16)19)22(28)26(2)13-15-8-9-21(29-3)18(23)10-15/h4-10,12,20,24H,11,13H2,1-3H3,(H,25,27). The number of fused-ring (bicyclic) bond motifs is 1. The highest BCUT2D eigenvalue weighted by Crippen LogP contribution is 2.21. The number of para-hydroxylation sites is 1. The molecule has 3 aromatic rings. The molecular weight excluding hydrogens is 373 g/mol. The topological polar surface area (TPSA) is 74.4 Å². The molecule has 3 rings (SSSR count). The quantitative estimate of drug-likeness (QED) is 0.644. The summed E-state index contributed by atoms with van der Waals surface area (Å²) < 4.78 is 18.9. The minimum Gasteiger partial charge on any atom is -0.494 e. The van der Waals surface area contributed by atoms with Crippen molar-refractivity contribution in [1.29, 1.82) is 0 Å². The Morgan fingerprint density at radius 1 is 1.24 bits per heavy atom. The van der Waals surface area contributed by atoms with E-state index in [1.165, 1.54) is 31.1 Å². The Labute approximate surface area is 168 Å². The van der Waals surface area contributed by atoms with E-state index in [0.29, 0.717) is 12.0 Å². The number of nitrogens with zero attached hydrogens (tertiary/aromatic N) is 1. The van der Waals surface area contributed by atoms with Gasteiger partial charge in [-0.15, -0.1) is 0 Å². The van der Waals surface area contributed by atoms with Crippen molar-refractivity contribution in [1.82, 2.24) is 15.2 Å². The molecule has 152 valence electrons. The van der Waals surface area contributed by atoms with Gasteiger partial charge >= 0.3 is 0 Å². The first kappa shape index (κ1) is 20.4. The molecule has 1 atom stereocenters. The number of halogens is 1. The normalized spacial score (nSPS) is 11.9. The van der Waals surface area contributed by atoms with Crippen molar-refractivity contribution in [3.05, 3.63) is 65.6 Å². The molecule has 2 amide bonds. The zero-order valence-corrected chi connectivity index (χ0v) is 16.7. The molecule has 0 aliphatic heterocycles. The van der Waals surface area contributed by atoms with Crippen LogP contribution in [0.1, 0.15) is 18.1 Å². The molecule has 6 nitrogen and oxygen atoms in total. The van der Waals surface area contributed by atoms with Gasteiger partial charge in [-0.1, -0.05) is 24.3 Å². The third-order valence-electron chi connectivity index (χ3n) is 4.79. The Kier molecular flexibility index (Phi) is 6.16. The lowest BCUT2D eigenvalue weighted by Gasteiger charge is -2.24. The minimum atomic E-state index is -0.722. The maximum atomic E-state index is 13.9. The number of hydrogen-bond donors (Lipinski definition) is 2. The van der Waals surface area contributed by atoms with Gasteiger partial charge in [0.15, 0.2) is 11.6 Å². The Morgan fingerprint density at radius 3 is 2.69 bits per heavy atom. The van der Waals surface area contributed by atoms with Gasteiger partial charge in [0.1, 0.15) is 6.04 Å². The molecule has 0 radical (unpaired) electrons. The van der Waals surface area contributed by atoms with E-state index in [0.717, 1.165) is 16.5 Å². The van der Waals surface area contributed by atoms with Crippen molar-refractivity contribution < 1.29 is 18.7 Å². The molecule has 0 saturated carbocycles. The summed E-state index contributed by atoms with van der Waals surface area (Å²) in [5.41, 5.74) is 2.54. The first-order valence-electron chi connectivity index (χ1n) is 9.28. The number of amides is 2. The number of carbonyl (C=O) groups excluding carboxylic acids is 2. The molecule has 29 heavy (non-hydrogen) atoms. The number of rotatable bonds is 7. The van der Waals surface area contributed by atoms with Gasteiger partial charge in [-0.25, -0.2) is 4.39 Å². The fourth-order valence-corrected chi connectivity index (χ4v) is 3.39. The van der Waals surface area contributed by atoms with Crippen molar-refractivity contribution >= 4 is 22.7 Å². The summed E-state index contributed by atoms with van der Waals surface area (Å²) in [7, 11) is 3.03. The Balaban J connectivity index is 1.77. The summed E-state index contributed by atoms with van der Waals surface area (Å²) in [5.74, 6) is -0.866. The van der Waals surface area contributed by atoms with Crippen LogP contribution < -0.4 is 10.1 Å². The first-order valence-corrected chi connectivity index (χ1v) is 9.28. The summed E-state index contributed by atoms with van der Waals surface area (Å²) in [6.07, 6.45) is 2.20. The van der Waals surface area contributed by atoms with E-state index < -0.39 is 11.9 Å². The van der Waals surface area contributed by atoms with Gasteiger partial charge in [0.05, 0.1) is 7.11 Å². The van der Waals surface area contributed by atoms with Crippen LogP contribution in [-0.2, 0) is 22.6 Å². The van der Waals surface area contributed by atoms with Crippen molar-refractivity contribution in [3.8, 4) is 5.75 Å². The van der Waals surface area contributed by atoms with Crippen LogP contribution >= 0.6 is 0 Å². The minimum absolute atomic E-state index is 0.151. The zero-order chi connectivity index (χ0) is 21.0. The van der Waals surface area contributed by atoms with Gasteiger partial charge in [0.25, 0.3) is 0 Å². The van der Waals surface area contributed by atoms with E-state index in [2.05, 4.69) is 10.3 Å². The second-order valence-corrected chi connectivity index (χ2v) is 6.98. The predicted octanol–water partition coefficient (Wildman–Crippen LogP) is 3.02. The van der Waals surface area contributed by atoms with Gasteiger partial charge in [-0.05, 0) is 29.3 Å². The number of carbonyl (C=O) groups is 2. The van der Waals surface area contributed by atoms with Gasteiger partial charge in [-0.3, -0.25) is 9.59 Å². The lowest BCUT2D eigenvalue weighted by molar-refractivity contribution is -0.135. The fraction of sp³-hybridized carbons (Fsp3) is 0.273. The molecule has 1 aromatic heterocycles. The average molecular weight is 397 g/mol. The Hall–Kier alpha value is -3.35. The Morgan fingerprint density at radius 2 is 2.00 bits per heavy atom. The van der Waals surface area contributed by atoms with Crippen molar-refractivity contribution in [2.24, 2.45) is 0 Å². The molecule has 0 spiro atoms. The summed E-state index contributed by atoms with van der Waals surface area (Å²) in [6.45, 7) is 1.60. The molecule has 1 heterocycles. The second kappa shape index (κ2) is 8.77. The van der Waals surface area contributed by atoms with Gasteiger partial charge in [0.2, 0.25) is 11.8 Å². The SMILES string of the molecule is COc1ccc(CN(C)C(=O)C(Cc2c[nH]c3ccccc23)NC(C)=O)cc1F. The maximum absolute atomic E-state index is 13.9. The second-order valence-electron chi connectivity index (χ2n) is 6.98. The zero-order valence-electron chi connectivity index (χ0n) is 16.7. The van der Waals surface area contributed by atoms with Crippen LogP contribution in [0.2, 0.25) is 0 Å². The number of nitrogens with one attached hydrogen (secondary N) is 2. The molecular formula is C22H24FN3O3. The summed E-state index contributed by atoms with van der Waals surface area (Å²) >= 11 is 0. The van der Waals surface area contributed by atoms with Crippen LogP contribution in [-0.4, -0.2) is 41.9 Å². The molecule has 1 unspecified atom stereocenters. The van der Waals surface area contributed by atoms with Crippen LogP contribution in [0.5, 0.6) is 5.75 Å². The van der Waals surface area contributed by atoms with Crippen molar-refractivity contribution in [2.75, 3.05) is 14.2 Å². The summed E-state index contributed by atoms with van der Waals surface area (Å²) in [6, 6.07) is 11.6. The molecule has 0 aliphatic carbocycles. The fourth-order valence-electron chi connectivity index (χ4n) is 3.39. The highest BCUT2D eigenvalue weighted by Gasteiger charge is 2.24. The number of benzene rings is 2. The Bertz CT molecular complexity index is 1030. The van der Waals surface area contributed by atoms with E-state index >= 15 is 0 Å². The molecule has 7 heteroatoms. The smallest absolute Gasteiger partial charge is 0.245 e. The third-order valence-corrected chi connectivity index (χ3v) is 4.79. The molecule has 0 saturated heterocycles. The molecule has 0 fully saturated rings. The van der Waals surface area contributed by atoms with E-state index in [4.69, 9.17) is 4.74 Å². The predicted molar refractivity (Wildman–Crippen MR) is 109 cm³/mol. The van der Waals surface area contributed by atoms with Crippen LogP contribution in [0, 0.1) is 5.82 Å². The number of methoxy groups -OCH3 is 1. The third kappa shape index (κ3) is 4.74. The largest absolute Gasteiger partial charge is 0.494 e. The van der Waals surface area contributed by atoms with Crippen LogP contribution in [0.3, 0.4) is 0 Å². The highest BCUT2D eigenvalue weighted by molar-refractivity contribution is 5.89. The lowest BCUT2D eigenvalue weighted by Crippen LogP contribution is -2.47. The van der Waals surface area contributed by atoms with Crippen molar-refractivity contribution in [2.45, 2.75) is 25.9 Å². The van der Waals surface area contributed by atoms with Crippen molar-refractivity contribution in [3.63, 3.8) is 0 Å². The van der Waals surface area contributed by atoms with Crippen LogP contribution in [0.25, 0.3) is 10.9 Å². The molecule has 2 N–H and O–H groups in total. The van der Waals surface area contributed by atoms with E-state index in [-0.39, 0.29) is 24.1 Å². The number of hydrogen-bond acceptors (Lipinski definition) is 3. The highest BCUT2D eigenvalue weighted by atomic mass is 19.1. The monoisotopic (exact) mass is 397 g/mol. The summed E-state index contributed by atoms with van der Waals surface area (Å²) in [5, 5.41) is 3.75. The number of ether oxygens (including phenoxy) is 1. The summed E-state index contributed by atoms with van der Waals surface area (Å²) in [4.78, 5) is 29.4. The number of H-pyrrole nitrogens is 1. The van der Waals surface area contributed by atoms with Crippen LogP contribution in [0.15, 0.2) is 48.7 Å². The average Bonchev–Trinajstić information content (AvgIpc) is 3.09. The van der Waals surface area contributed by atoms with Gasteiger partial charge in [-0.2, -0.15) is 0 Å². The van der Waals surface area contributed by atoms with E-state index in [1.807, 2.05) is 30.5 Å².